The summed E-state index contributed by atoms with van der Waals surface area (Å²) in [6.45, 7) is 2.48. The smallest absolute Gasteiger partial charge is 0.322 e. The first kappa shape index (κ1) is 24.3. The molecular weight excluding hydrogens is 472 g/mol. The van der Waals surface area contributed by atoms with Gasteiger partial charge in [0.2, 0.25) is 0 Å². The number of rotatable bonds is 12. The van der Waals surface area contributed by atoms with Gasteiger partial charge in [0, 0.05) is 56.1 Å². The first-order chi connectivity index (χ1) is 14.5. The highest BCUT2D eigenvalue weighted by atomic mass is 79.9. The Labute approximate surface area is 189 Å². The molecule has 1 aromatic heterocycles. The predicted molar refractivity (Wildman–Crippen MR) is 121 cm³/mol. The predicted octanol–water partition coefficient (Wildman–Crippen LogP) is 3.74. The van der Waals surface area contributed by atoms with E-state index in [1.807, 2.05) is 24.3 Å². The highest BCUT2D eigenvalue weighted by Gasteiger charge is 2.18. The zero-order valence-corrected chi connectivity index (χ0v) is 19.6. The molecule has 2 rings (SSSR count). The van der Waals surface area contributed by atoms with E-state index in [0.717, 1.165) is 10.9 Å². The molecule has 0 aliphatic heterocycles. The minimum Gasteiger partial charge on any atom is -0.385 e. The van der Waals surface area contributed by atoms with Gasteiger partial charge >= 0.3 is 6.03 Å². The van der Waals surface area contributed by atoms with Crippen molar-refractivity contribution in [1.82, 2.24) is 15.2 Å². The Morgan fingerprint density at radius 1 is 1.20 bits per heavy atom. The molecule has 2 aromatic rings. The van der Waals surface area contributed by atoms with Crippen molar-refractivity contribution < 1.29 is 19.1 Å². The number of thiazole rings is 1. The topological polar surface area (TPSA) is 92.8 Å². The third-order valence-electron chi connectivity index (χ3n) is 4.06. The van der Waals surface area contributed by atoms with E-state index in [2.05, 4.69) is 31.5 Å². The molecule has 0 aliphatic carbocycles. The molecular formula is C20H27BrN4O4S. The van der Waals surface area contributed by atoms with Crippen LogP contribution < -0.4 is 10.6 Å². The number of nitrogens with zero attached hydrogens (tertiary/aromatic N) is 2. The van der Waals surface area contributed by atoms with Crippen molar-refractivity contribution in [1.29, 1.82) is 0 Å². The van der Waals surface area contributed by atoms with E-state index in [9.17, 15) is 9.59 Å². The maximum absolute atomic E-state index is 12.8. The standard InChI is InChI=1S/C20H27BrN4O4S/c1-28-10-4-8-22-19(26)17-14-30-18(24-17)13-25(9-5-11-29-2)20(27)23-16-7-3-6-15(21)12-16/h3,6-7,12,14H,4-5,8-11,13H2,1-2H3,(H,22,26)(H,23,27). The molecule has 0 saturated heterocycles. The zero-order valence-electron chi connectivity index (χ0n) is 17.2. The van der Waals surface area contributed by atoms with Crippen LogP contribution in [0.4, 0.5) is 10.5 Å². The summed E-state index contributed by atoms with van der Waals surface area (Å²) in [6.07, 6.45) is 1.43. The van der Waals surface area contributed by atoms with Crippen LogP contribution in [0.3, 0.4) is 0 Å². The summed E-state index contributed by atoms with van der Waals surface area (Å²) in [5.74, 6) is -0.224. The number of methoxy groups -OCH3 is 2. The number of benzene rings is 1. The summed E-state index contributed by atoms with van der Waals surface area (Å²) < 4.78 is 11.0. The molecule has 0 unspecified atom stereocenters. The van der Waals surface area contributed by atoms with Crippen molar-refractivity contribution >= 4 is 44.9 Å². The van der Waals surface area contributed by atoms with Crippen LogP contribution in [0, 0.1) is 0 Å². The number of aromatic nitrogens is 1. The number of urea groups is 1. The number of halogens is 1. The molecule has 0 fully saturated rings. The molecule has 0 aliphatic rings. The van der Waals surface area contributed by atoms with Crippen molar-refractivity contribution in [3.8, 4) is 0 Å². The van der Waals surface area contributed by atoms with Gasteiger partial charge < -0.3 is 25.0 Å². The minimum atomic E-state index is -0.232. The van der Waals surface area contributed by atoms with E-state index in [1.54, 1.807) is 24.5 Å². The fourth-order valence-corrected chi connectivity index (χ4v) is 3.77. The number of nitrogens with one attached hydrogen (secondary N) is 2. The van der Waals surface area contributed by atoms with Crippen molar-refractivity contribution in [3.63, 3.8) is 0 Å². The first-order valence-corrected chi connectivity index (χ1v) is 11.2. The van der Waals surface area contributed by atoms with Crippen LogP contribution in [0.5, 0.6) is 0 Å². The van der Waals surface area contributed by atoms with E-state index >= 15 is 0 Å². The molecule has 30 heavy (non-hydrogen) atoms. The molecule has 0 bridgehead atoms. The summed E-state index contributed by atoms with van der Waals surface area (Å²) in [4.78, 5) is 31.1. The van der Waals surface area contributed by atoms with Gasteiger partial charge in [-0.15, -0.1) is 11.3 Å². The van der Waals surface area contributed by atoms with Crippen molar-refractivity contribution in [2.75, 3.05) is 45.8 Å². The lowest BCUT2D eigenvalue weighted by molar-refractivity contribution is 0.0944. The van der Waals surface area contributed by atoms with Gasteiger partial charge in [-0.2, -0.15) is 0 Å². The molecule has 1 heterocycles. The fourth-order valence-electron chi connectivity index (χ4n) is 2.58. The highest BCUT2D eigenvalue weighted by Crippen LogP contribution is 2.18. The lowest BCUT2D eigenvalue weighted by atomic mass is 10.3. The van der Waals surface area contributed by atoms with Crippen LogP contribution in [0.1, 0.15) is 28.3 Å². The van der Waals surface area contributed by atoms with Crippen molar-refractivity contribution in [3.05, 3.63) is 44.8 Å². The lowest BCUT2D eigenvalue weighted by Gasteiger charge is -2.22. The number of hydrogen-bond acceptors (Lipinski definition) is 6. The van der Waals surface area contributed by atoms with Crippen molar-refractivity contribution in [2.24, 2.45) is 0 Å². The summed E-state index contributed by atoms with van der Waals surface area (Å²) >= 11 is 4.76. The largest absolute Gasteiger partial charge is 0.385 e. The van der Waals surface area contributed by atoms with E-state index in [1.165, 1.54) is 11.3 Å². The monoisotopic (exact) mass is 498 g/mol. The first-order valence-electron chi connectivity index (χ1n) is 9.55. The summed E-state index contributed by atoms with van der Waals surface area (Å²) in [5.41, 5.74) is 1.05. The van der Waals surface area contributed by atoms with Crippen LogP contribution in [0.2, 0.25) is 0 Å². The van der Waals surface area contributed by atoms with Gasteiger partial charge in [-0.05, 0) is 31.0 Å². The lowest BCUT2D eigenvalue weighted by Crippen LogP contribution is -2.35. The summed E-state index contributed by atoms with van der Waals surface area (Å²) in [5, 5.41) is 8.12. The summed E-state index contributed by atoms with van der Waals surface area (Å²) in [6, 6.07) is 7.17. The molecule has 8 nitrogen and oxygen atoms in total. The molecule has 0 spiro atoms. The summed E-state index contributed by atoms with van der Waals surface area (Å²) in [7, 11) is 3.25. The second-order valence-corrected chi connectivity index (χ2v) is 8.30. The Kier molecular flexibility index (Phi) is 10.8. The van der Waals surface area contributed by atoms with E-state index < -0.39 is 0 Å². The van der Waals surface area contributed by atoms with Gasteiger partial charge in [-0.25, -0.2) is 9.78 Å². The van der Waals surface area contributed by atoms with Gasteiger partial charge in [0.25, 0.3) is 5.91 Å². The maximum Gasteiger partial charge on any atom is 0.322 e. The quantitative estimate of drug-likeness (QED) is 0.434. The molecule has 0 atom stereocenters. The second-order valence-electron chi connectivity index (χ2n) is 6.44. The Balaban J connectivity index is 1.99. The Hall–Kier alpha value is -2.01. The number of anilines is 1. The van der Waals surface area contributed by atoms with Crippen molar-refractivity contribution in [2.45, 2.75) is 19.4 Å². The minimum absolute atomic E-state index is 0.224. The average Bonchev–Trinajstić information content (AvgIpc) is 3.19. The molecule has 0 saturated carbocycles. The normalized spacial score (nSPS) is 10.6. The second kappa shape index (κ2) is 13.3. The molecule has 3 amide bonds. The Morgan fingerprint density at radius 3 is 2.70 bits per heavy atom. The number of hydrogen-bond donors (Lipinski definition) is 2. The Morgan fingerprint density at radius 2 is 1.97 bits per heavy atom. The number of amides is 3. The zero-order chi connectivity index (χ0) is 21.8. The maximum atomic E-state index is 12.8. The van der Waals surface area contributed by atoms with Gasteiger partial charge in [0.15, 0.2) is 0 Å². The number of carbonyl (C=O) groups excluding carboxylic acids is 2. The SMILES string of the molecule is COCCCNC(=O)c1csc(CN(CCCOC)C(=O)Nc2cccc(Br)c2)n1. The van der Waals surface area contributed by atoms with Crippen LogP contribution >= 0.6 is 27.3 Å². The van der Waals surface area contributed by atoms with E-state index in [-0.39, 0.29) is 11.9 Å². The Bertz CT molecular complexity index is 818. The number of ether oxygens (including phenoxy) is 2. The van der Waals surface area contributed by atoms with Gasteiger partial charge in [-0.1, -0.05) is 22.0 Å². The molecule has 164 valence electrons. The molecule has 2 N–H and O–H groups in total. The number of carbonyl (C=O) groups is 2. The van der Waals surface area contributed by atoms with Gasteiger partial charge in [0.05, 0.1) is 6.54 Å². The third-order valence-corrected chi connectivity index (χ3v) is 5.39. The molecule has 10 heteroatoms. The van der Waals surface area contributed by atoms with Crippen LogP contribution in [0.25, 0.3) is 0 Å². The fraction of sp³-hybridized carbons (Fsp3) is 0.450. The van der Waals surface area contributed by atoms with Gasteiger partial charge in [0.1, 0.15) is 10.7 Å². The van der Waals surface area contributed by atoms with Crippen LogP contribution in [0.15, 0.2) is 34.1 Å². The third kappa shape index (κ3) is 8.39. The highest BCUT2D eigenvalue weighted by molar-refractivity contribution is 9.10. The van der Waals surface area contributed by atoms with E-state index in [0.29, 0.717) is 55.7 Å². The van der Waals surface area contributed by atoms with Gasteiger partial charge in [-0.3, -0.25) is 4.79 Å². The van der Waals surface area contributed by atoms with Crippen LogP contribution in [-0.4, -0.2) is 62.3 Å². The average molecular weight is 499 g/mol. The van der Waals surface area contributed by atoms with Crippen LogP contribution in [-0.2, 0) is 16.0 Å². The molecule has 1 aromatic carbocycles. The molecule has 0 radical (unpaired) electrons. The van der Waals surface area contributed by atoms with E-state index in [4.69, 9.17) is 9.47 Å².